The Morgan fingerprint density at radius 1 is 1.16 bits per heavy atom. The zero-order valence-corrected chi connectivity index (χ0v) is 13.3. The van der Waals surface area contributed by atoms with Crippen molar-refractivity contribution in [1.29, 1.82) is 0 Å². The SMILES string of the molecule is CC(C)(C)CC1(C(=O)OC2CCCCC2)CC1(C)C. The molecule has 2 fully saturated rings. The van der Waals surface area contributed by atoms with Gasteiger partial charge in [0.1, 0.15) is 6.10 Å². The summed E-state index contributed by atoms with van der Waals surface area (Å²) in [7, 11) is 0. The van der Waals surface area contributed by atoms with Crippen LogP contribution < -0.4 is 0 Å². The molecule has 2 aliphatic rings. The number of carbonyl (C=O) groups excluding carboxylic acids is 1. The second-order valence-corrected chi connectivity index (χ2v) is 8.55. The molecule has 0 spiro atoms. The Labute approximate surface area is 118 Å². The fourth-order valence-corrected chi connectivity index (χ4v) is 3.79. The lowest BCUT2D eigenvalue weighted by Gasteiger charge is -2.30. The maximum atomic E-state index is 12.7. The van der Waals surface area contributed by atoms with Crippen LogP contribution in [-0.2, 0) is 9.53 Å². The summed E-state index contributed by atoms with van der Waals surface area (Å²) in [5, 5.41) is 0. The maximum Gasteiger partial charge on any atom is 0.312 e. The summed E-state index contributed by atoms with van der Waals surface area (Å²) in [6, 6.07) is 0. The van der Waals surface area contributed by atoms with E-state index in [9.17, 15) is 4.79 Å². The normalized spacial score (nSPS) is 31.0. The molecule has 1 unspecified atom stereocenters. The molecule has 0 bridgehead atoms. The van der Waals surface area contributed by atoms with Crippen LogP contribution in [0.1, 0.15) is 79.6 Å². The van der Waals surface area contributed by atoms with E-state index in [-0.39, 0.29) is 28.3 Å². The van der Waals surface area contributed by atoms with Crippen LogP contribution in [0.25, 0.3) is 0 Å². The maximum absolute atomic E-state index is 12.7. The number of hydrogen-bond acceptors (Lipinski definition) is 2. The average molecular weight is 266 g/mol. The lowest BCUT2D eigenvalue weighted by molar-refractivity contribution is -0.160. The van der Waals surface area contributed by atoms with Crippen molar-refractivity contribution in [3.63, 3.8) is 0 Å². The minimum Gasteiger partial charge on any atom is -0.462 e. The highest BCUT2D eigenvalue weighted by atomic mass is 16.5. The number of hydrogen-bond donors (Lipinski definition) is 0. The standard InChI is InChI=1S/C17H30O2/c1-15(2,3)11-17(12-16(17,4)5)14(18)19-13-9-7-6-8-10-13/h13H,6-12H2,1-5H3. The molecule has 1 atom stereocenters. The molecule has 2 aliphatic carbocycles. The third-order valence-corrected chi connectivity index (χ3v) is 4.96. The van der Waals surface area contributed by atoms with Gasteiger partial charge in [-0.1, -0.05) is 41.0 Å². The van der Waals surface area contributed by atoms with Gasteiger partial charge in [0.25, 0.3) is 0 Å². The lowest BCUT2D eigenvalue weighted by Crippen LogP contribution is -2.32. The second kappa shape index (κ2) is 4.79. The van der Waals surface area contributed by atoms with Gasteiger partial charge in [-0.05, 0) is 49.4 Å². The summed E-state index contributed by atoms with van der Waals surface area (Å²) in [5.74, 6) is 0.0827. The third-order valence-electron chi connectivity index (χ3n) is 4.96. The van der Waals surface area contributed by atoms with E-state index in [1.54, 1.807) is 0 Å². The Kier molecular flexibility index (Phi) is 3.75. The molecule has 0 aromatic heterocycles. The highest BCUT2D eigenvalue weighted by molar-refractivity contribution is 5.82. The van der Waals surface area contributed by atoms with Gasteiger partial charge in [0, 0.05) is 0 Å². The summed E-state index contributed by atoms with van der Waals surface area (Å²) in [6.45, 7) is 11.1. The zero-order valence-electron chi connectivity index (χ0n) is 13.3. The van der Waals surface area contributed by atoms with Gasteiger partial charge in [-0.2, -0.15) is 0 Å². The summed E-state index contributed by atoms with van der Waals surface area (Å²) >= 11 is 0. The number of rotatable bonds is 3. The minimum atomic E-state index is -0.220. The molecule has 0 heterocycles. The van der Waals surface area contributed by atoms with E-state index in [1.807, 2.05) is 0 Å². The van der Waals surface area contributed by atoms with Crippen molar-refractivity contribution < 1.29 is 9.53 Å². The predicted molar refractivity (Wildman–Crippen MR) is 77.9 cm³/mol. The molecule has 0 N–H and O–H groups in total. The molecule has 0 saturated heterocycles. The summed E-state index contributed by atoms with van der Waals surface area (Å²) in [4.78, 5) is 12.7. The van der Waals surface area contributed by atoms with Crippen LogP contribution in [0.2, 0.25) is 0 Å². The van der Waals surface area contributed by atoms with Crippen molar-refractivity contribution in [2.45, 2.75) is 85.7 Å². The first-order chi connectivity index (χ1) is 8.66. The van der Waals surface area contributed by atoms with Gasteiger partial charge in [-0.3, -0.25) is 4.79 Å². The number of esters is 1. The first kappa shape index (κ1) is 14.9. The van der Waals surface area contributed by atoms with Gasteiger partial charge in [-0.25, -0.2) is 0 Å². The fraction of sp³-hybridized carbons (Fsp3) is 0.941. The Morgan fingerprint density at radius 2 is 1.68 bits per heavy atom. The van der Waals surface area contributed by atoms with E-state index in [0.717, 1.165) is 25.7 Å². The largest absolute Gasteiger partial charge is 0.462 e. The summed E-state index contributed by atoms with van der Waals surface area (Å²) < 4.78 is 5.86. The molecule has 0 aromatic rings. The van der Waals surface area contributed by atoms with Crippen molar-refractivity contribution in [3.8, 4) is 0 Å². The molecule has 2 saturated carbocycles. The molecule has 0 amide bonds. The quantitative estimate of drug-likeness (QED) is 0.691. The lowest BCUT2D eigenvalue weighted by atomic mass is 9.79. The van der Waals surface area contributed by atoms with Crippen molar-refractivity contribution in [1.82, 2.24) is 0 Å². The average Bonchev–Trinajstić information content (AvgIpc) is 2.80. The molecule has 19 heavy (non-hydrogen) atoms. The molecule has 0 aliphatic heterocycles. The first-order valence-electron chi connectivity index (χ1n) is 7.87. The van der Waals surface area contributed by atoms with Gasteiger partial charge in [0.05, 0.1) is 5.41 Å². The molecule has 2 heteroatoms. The van der Waals surface area contributed by atoms with Gasteiger partial charge in [0.15, 0.2) is 0 Å². The van der Waals surface area contributed by atoms with E-state index in [2.05, 4.69) is 34.6 Å². The number of carbonyl (C=O) groups is 1. The van der Waals surface area contributed by atoms with Crippen molar-refractivity contribution in [3.05, 3.63) is 0 Å². The van der Waals surface area contributed by atoms with Gasteiger partial charge < -0.3 is 4.74 Å². The molecular formula is C17H30O2. The van der Waals surface area contributed by atoms with Crippen LogP contribution >= 0.6 is 0 Å². The van der Waals surface area contributed by atoms with Gasteiger partial charge >= 0.3 is 5.97 Å². The monoisotopic (exact) mass is 266 g/mol. The molecule has 110 valence electrons. The molecule has 0 aromatic carbocycles. The van der Waals surface area contributed by atoms with Gasteiger partial charge in [0.2, 0.25) is 0 Å². The van der Waals surface area contributed by atoms with Crippen LogP contribution in [0.4, 0.5) is 0 Å². The molecule has 2 nitrogen and oxygen atoms in total. The van der Waals surface area contributed by atoms with E-state index in [4.69, 9.17) is 4.74 Å². The Morgan fingerprint density at radius 3 is 2.11 bits per heavy atom. The summed E-state index contributed by atoms with van der Waals surface area (Å²) in [6.07, 6.45) is 7.99. The Bertz CT molecular complexity index is 345. The van der Waals surface area contributed by atoms with Crippen molar-refractivity contribution >= 4 is 5.97 Å². The fourth-order valence-electron chi connectivity index (χ4n) is 3.79. The van der Waals surface area contributed by atoms with E-state index in [1.165, 1.54) is 19.3 Å². The van der Waals surface area contributed by atoms with Crippen LogP contribution in [0.3, 0.4) is 0 Å². The van der Waals surface area contributed by atoms with Crippen LogP contribution in [0.15, 0.2) is 0 Å². The van der Waals surface area contributed by atoms with Crippen LogP contribution in [-0.4, -0.2) is 12.1 Å². The second-order valence-electron chi connectivity index (χ2n) is 8.55. The van der Waals surface area contributed by atoms with E-state index >= 15 is 0 Å². The van der Waals surface area contributed by atoms with Crippen LogP contribution in [0, 0.1) is 16.2 Å². The summed E-state index contributed by atoms with van der Waals surface area (Å²) in [5.41, 5.74) is 0.0775. The highest BCUT2D eigenvalue weighted by Gasteiger charge is 2.68. The molecule has 2 rings (SSSR count). The van der Waals surface area contributed by atoms with Crippen LogP contribution in [0.5, 0.6) is 0 Å². The van der Waals surface area contributed by atoms with E-state index < -0.39 is 0 Å². The minimum absolute atomic E-state index is 0.0827. The molecule has 0 radical (unpaired) electrons. The smallest absolute Gasteiger partial charge is 0.312 e. The van der Waals surface area contributed by atoms with Crippen molar-refractivity contribution in [2.75, 3.05) is 0 Å². The first-order valence-corrected chi connectivity index (χ1v) is 7.87. The van der Waals surface area contributed by atoms with Crippen molar-refractivity contribution in [2.24, 2.45) is 16.2 Å². The van der Waals surface area contributed by atoms with Gasteiger partial charge in [-0.15, -0.1) is 0 Å². The Balaban J connectivity index is 2.02. The number of ether oxygens (including phenoxy) is 1. The van der Waals surface area contributed by atoms with E-state index in [0.29, 0.717) is 0 Å². The Hall–Kier alpha value is -0.530. The third kappa shape index (κ3) is 3.14. The molecular weight excluding hydrogens is 236 g/mol. The highest BCUT2D eigenvalue weighted by Crippen LogP contribution is 2.68. The zero-order chi connectivity index (χ0) is 14.3. The predicted octanol–water partition coefficient (Wildman–Crippen LogP) is 4.71. The topological polar surface area (TPSA) is 26.3 Å².